The van der Waals surface area contributed by atoms with Gasteiger partial charge >= 0.3 is 0 Å². The van der Waals surface area contributed by atoms with Gasteiger partial charge in [0.25, 0.3) is 0 Å². The van der Waals surface area contributed by atoms with Crippen molar-refractivity contribution >= 4 is 11.4 Å². The Bertz CT molecular complexity index is 436. The van der Waals surface area contributed by atoms with Crippen LogP contribution in [0.3, 0.4) is 0 Å². The van der Waals surface area contributed by atoms with Gasteiger partial charge < -0.3 is 20.3 Å². The predicted octanol–water partition coefficient (Wildman–Crippen LogP) is 2.59. The zero-order chi connectivity index (χ0) is 14.5. The van der Waals surface area contributed by atoms with Crippen LogP contribution in [0.1, 0.15) is 26.7 Å². The summed E-state index contributed by atoms with van der Waals surface area (Å²) in [5.41, 5.74) is 7.99. The van der Waals surface area contributed by atoms with Gasteiger partial charge in [-0.3, -0.25) is 0 Å². The Kier molecular flexibility index (Phi) is 5.12. The van der Waals surface area contributed by atoms with E-state index in [2.05, 4.69) is 42.8 Å². The van der Waals surface area contributed by atoms with Crippen molar-refractivity contribution in [1.82, 2.24) is 4.90 Å². The van der Waals surface area contributed by atoms with Crippen molar-refractivity contribution in [1.29, 1.82) is 0 Å². The molecule has 0 radical (unpaired) electrons. The number of rotatable bonds is 4. The van der Waals surface area contributed by atoms with E-state index in [0.717, 1.165) is 44.1 Å². The van der Waals surface area contributed by atoms with Crippen LogP contribution in [0, 0.1) is 0 Å². The first-order valence-electron chi connectivity index (χ1n) is 7.58. The lowest BCUT2D eigenvalue weighted by Gasteiger charge is -2.30. The lowest BCUT2D eigenvalue weighted by atomic mass is 10.2. The summed E-state index contributed by atoms with van der Waals surface area (Å²) < 4.78 is 5.74. The van der Waals surface area contributed by atoms with Gasteiger partial charge in [0.1, 0.15) is 5.75 Å². The standard InChI is InChI=1S/C16H27N3O/c1-4-8-20-16-10-14(17)9-15(11-16)19-7-5-6-18(3)12-13(19)2/h9-11,13H,4-8,12,17H2,1-3H3. The van der Waals surface area contributed by atoms with Gasteiger partial charge in [-0.2, -0.15) is 0 Å². The minimum Gasteiger partial charge on any atom is -0.493 e. The average Bonchev–Trinajstić information content (AvgIpc) is 2.56. The third-order valence-corrected chi connectivity index (χ3v) is 3.76. The molecular formula is C16H27N3O. The topological polar surface area (TPSA) is 41.7 Å². The van der Waals surface area contributed by atoms with Gasteiger partial charge in [-0.25, -0.2) is 0 Å². The molecule has 0 bridgehead atoms. The van der Waals surface area contributed by atoms with Crippen LogP contribution >= 0.6 is 0 Å². The number of nitrogens with two attached hydrogens (primary N) is 1. The van der Waals surface area contributed by atoms with Crippen molar-refractivity contribution in [2.75, 3.05) is 43.9 Å². The molecule has 0 spiro atoms. The van der Waals surface area contributed by atoms with E-state index in [9.17, 15) is 0 Å². The van der Waals surface area contributed by atoms with Crippen LogP contribution in [0.2, 0.25) is 0 Å². The summed E-state index contributed by atoms with van der Waals surface area (Å²) in [5.74, 6) is 0.881. The molecule has 4 heteroatoms. The second kappa shape index (κ2) is 6.84. The van der Waals surface area contributed by atoms with Crippen LogP contribution in [0.15, 0.2) is 18.2 Å². The monoisotopic (exact) mass is 277 g/mol. The fourth-order valence-corrected chi connectivity index (χ4v) is 2.83. The molecule has 1 fully saturated rings. The van der Waals surface area contributed by atoms with Crippen LogP contribution in [-0.2, 0) is 0 Å². The van der Waals surface area contributed by atoms with E-state index < -0.39 is 0 Å². The molecule has 1 saturated heterocycles. The summed E-state index contributed by atoms with van der Waals surface area (Å²) in [4.78, 5) is 4.84. The van der Waals surface area contributed by atoms with Crippen molar-refractivity contribution in [3.63, 3.8) is 0 Å². The fraction of sp³-hybridized carbons (Fsp3) is 0.625. The third-order valence-electron chi connectivity index (χ3n) is 3.76. The van der Waals surface area contributed by atoms with Gasteiger partial charge in [0, 0.05) is 42.6 Å². The zero-order valence-corrected chi connectivity index (χ0v) is 12.9. The van der Waals surface area contributed by atoms with Crippen LogP contribution in [-0.4, -0.2) is 44.2 Å². The van der Waals surface area contributed by atoms with E-state index in [-0.39, 0.29) is 0 Å². The summed E-state index contributed by atoms with van der Waals surface area (Å²) >= 11 is 0. The molecule has 2 rings (SSSR count). The van der Waals surface area contributed by atoms with E-state index >= 15 is 0 Å². The summed E-state index contributed by atoms with van der Waals surface area (Å²) in [5, 5.41) is 0. The maximum Gasteiger partial charge on any atom is 0.123 e. The number of anilines is 2. The molecule has 4 nitrogen and oxygen atoms in total. The van der Waals surface area contributed by atoms with Crippen LogP contribution in [0.5, 0.6) is 5.75 Å². The van der Waals surface area contributed by atoms with Gasteiger partial charge in [-0.15, -0.1) is 0 Å². The van der Waals surface area contributed by atoms with Crippen molar-refractivity contribution in [2.24, 2.45) is 0 Å². The van der Waals surface area contributed by atoms with Gasteiger partial charge in [0.05, 0.1) is 6.61 Å². The van der Waals surface area contributed by atoms with Gasteiger partial charge in [-0.1, -0.05) is 6.92 Å². The number of likely N-dealkylation sites (N-methyl/N-ethyl adjacent to an activating group) is 1. The average molecular weight is 277 g/mol. The normalized spacial score (nSPS) is 20.8. The molecule has 20 heavy (non-hydrogen) atoms. The van der Waals surface area contributed by atoms with E-state index in [1.54, 1.807) is 0 Å². The number of nitrogens with zero attached hydrogens (tertiary/aromatic N) is 2. The molecule has 112 valence electrons. The molecular weight excluding hydrogens is 250 g/mol. The Hall–Kier alpha value is -1.42. The smallest absolute Gasteiger partial charge is 0.123 e. The number of benzene rings is 1. The summed E-state index contributed by atoms with van der Waals surface area (Å²) in [6.07, 6.45) is 2.19. The Morgan fingerprint density at radius 2 is 2.10 bits per heavy atom. The maximum absolute atomic E-state index is 6.03. The molecule has 1 aliphatic heterocycles. The molecule has 1 atom stereocenters. The summed E-state index contributed by atoms with van der Waals surface area (Å²) in [6, 6.07) is 6.57. The summed E-state index contributed by atoms with van der Waals surface area (Å²) in [6.45, 7) is 8.43. The predicted molar refractivity (Wildman–Crippen MR) is 85.6 cm³/mol. The third kappa shape index (κ3) is 3.79. The largest absolute Gasteiger partial charge is 0.493 e. The quantitative estimate of drug-likeness (QED) is 0.859. The maximum atomic E-state index is 6.03. The van der Waals surface area contributed by atoms with Crippen molar-refractivity contribution < 1.29 is 4.74 Å². The first-order valence-corrected chi connectivity index (χ1v) is 7.58. The number of hydrogen-bond acceptors (Lipinski definition) is 4. The minimum absolute atomic E-state index is 0.489. The van der Waals surface area contributed by atoms with Gasteiger partial charge in [0.15, 0.2) is 0 Å². The van der Waals surface area contributed by atoms with Crippen molar-refractivity contribution in [2.45, 2.75) is 32.7 Å². The minimum atomic E-state index is 0.489. The molecule has 1 unspecified atom stereocenters. The number of hydrogen-bond donors (Lipinski definition) is 1. The highest BCUT2D eigenvalue weighted by Gasteiger charge is 2.20. The van der Waals surface area contributed by atoms with E-state index in [4.69, 9.17) is 10.5 Å². The number of nitrogen functional groups attached to an aromatic ring is 1. The second-order valence-corrected chi connectivity index (χ2v) is 5.77. The van der Waals surface area contributed by atoms with E-state index in [1.807, 2.05) is 6.07 Å². The highest BCUT2D eigenvalue weighted by molar-refractivity contribution is 5.61. The van der Waals surface area contributed by atoms with Gasteiger partial charge in [-0.05, 0) is 39.4 Å². The molecule has 0 aromatic heterocycles. The molecule has 1 aliphatic rings. The molecule has 2 N–H and O–H groups in total. The van der Waals surface area contributed by atoms with Crippen molar-refractivity contribution in [3.05, 3.63) is 18.2 Å². The van der Waals surface area contributed by atoms with Gasteiger partial charge in [0.2, 0.25) is 0 Å². The Morgan fingerprint density at radius 1 is 1.30 bits per heavy atom. The van der Waals surface area contributed by atoms with Crippen LogP contribution in [0.4, 0.5) is 11.4 Å². The zero-order valence-electron chi connectivity index (χ0n) is 12.9. The highest BCUT2D eigenvalue weighted by Crippen LogP contribution is 2.28. The van der Waals surface area contributed by atoms with Crippen LogP contribution in [0.25, 0.3) is 0 Å². The first-order chi connectivity index (χ1) is 9.60. The fourth-order valence-electron chi connectivity index (χ4n) is 2.83. The first kappa shape index (κ1) is 15.0. The van der Waals surface area contributed by atoms with Crippen LogP contribution < -0.4 is 15.4 Å². The SMILES string of the molecule is CCCOc1cc(N)cc(N2CCCN(C)CC2C)c1. The molecule has 0 aliphatic carbocycles. The highest BCUT2D eigenvalue weighted by atomic mass is 16.5. The lowest BCUT2D eigenvalue weighted by molar-refractivity contribution is 0.317. The second-order valence-electron chi connectivity index (χ2n) is 5.77. The molecule has 1 aromatic carbocycles. The number of ether oxygens (including phenoxy) is 1. The van der Waals surface area contributed by atoms with Crippen molar-refractivity contribution in [3.8, 4) is 5.75 Å². The molecule has 1 heterocycles. The lowest BCUT2D eigenvalue weighted by Crippen LogP contribution is -2.37. The van der Waals surface area contributed by atoms with E-state index in [1.165, 1.54) is 12.1 Å². The summed E-state index contributed by atoms with van der Waals surface area (Å²) in [7, 11) is 2.19. The Balaban J connectivity index is 2.19. The Labute approximate surface area is 122 Å². The molecule has 1 aromatic rings. The Morgan fingerprint density at radius 3 is 2.85 bits per heavy atom. The molecule has 0 amide bonds. The molecule has 0 saturated carbocycles. The van der Waals surface area contributed by atoms with E-state index in [0.29, 0.717) is 6.04 Å².